The Morgan fingerprint density at radius 1 is 0.857 bits per heavy atom. The van der Waals surface area contributed by atoms with Crippen molar-refractivity contribution >= 4 is 38.2 Å². The van der Waals surface area contributed by atoms with Gasteiger partial charge in [0, 0.05) is 48.9 Å². The first kappa shape index (κ1) is 23.7. The second kappa shape index (κ2) is 9.57. The standard InChI is InChI=1S/C27H27ClN4O2S/c1-19-25(18-23-9-5-6-10-26(23)28)27(30-20(2)29-19)31-13-15-32(16-14-31)35(33,34)24-12-11-21-7-3-4-8-22(21)17-24/h3-12,17H,13-16,18H2,1-2H3. The molecule has 0 amide bonds. The Morgan fingerprint density at radius 2 is 1.54 bits per heavy atom. The van der Waals surface area contributed by atoms with Gasteiger partial charge in [0.2, 0.25) is 10.0 Å². The lowest BCUT2D eigenvalue weighted by atomic mass is 10.0. The molecule has 0 N–H and O–H groups in total. The van der Waals surface area contributed by atoms with Gasteiger partial charge < -0.3 is 4.90 Å². The highest BCUT2D eigenvalue weighted by Gasteiger charge is 2.30. The normalized spacial score (nSPS) is 15.0. The molecule has 0 spiro atoms. The minimum Gasteiger partial charge on any atom is -0.354 e. The van der Waals surface area contributed by atoms with Crippen LogP contribution in [0.3, 0.4) is 0 Å². The number of aryl methyl sites for hydroxylation is 2. The first-order valence-corrected chi connectivity index (χ1v) is 13.5. The van der Waals surface area contributed by atoms with E-state index in [0.29, 0.717) is 48.3 Å². The molecule has 4 aromatic rings. The summed E-state index contributed by atoms with van der Waals surface area (Å²) in [6, 6.07) is 20.9. The average Bonchev–Trinajstić information content (AvgIpc) is 2.86. The van der Waals surface area contributed by atoms with Crippen molar-refractivity contribution in [2.45, 2.75) is 25.2 Å². The summed E-state index contributed by atoms with van der Waals surface area (Å²) in [5, 5.41) is 2.66. The molecule has 6 nitrogen and oxygen atoms in total. The number of nitrogens with zero attached hydrogens (tertiary/aromatic N) is 4. The van der Waals surface area contributed by atoms with Crippen LogP contribution in [0.15, 0.2) is 71.6 Å². The number of fused-ring (bicyclic) bond motifs is 1. The van der Waals surface area contributed by atoms with Gasteiger partial charge in [-0.25, -0.2) is 18.4 Å². The Morgan fingerprint density at radius 3 is 2.29 bits per heavy atom. The molecule has 0 radical (unpaired) electrons. The van der Waals surface area contributed by atoms with E-state index in [1.165, 1.54) is 0 Å². The quantitative estimate of drug-likeness (QED) is 0.381. The van der Waals surface area contributed by atoms with Crippen molar-refractivity contribution < 1.29 is 8.42 Å². The van der Waals surface area contributed by atoms with E-state index in [2.05, 4.69) is 9.88 Å². The predicted octanol–water partition coefficient (Wildman–Crippen LogP) is 5.00. The summed E-state index contributed by atoms with van der Waals surface area (Å²) in [4.78, 5) is 11.9. The average molecular weight is 507 g/mol. The number of sulfonamides is 1. The molecule has 1 aliphatic rings. The highest BCUT2D eigenvalue weighted by molar-refractivity contribution is 7.89. The van der Waals surface area contributed by atoms with Crippen LogP contribution in [0, 0.1) is 13.8 Å². The zero-order valence-electron chi connectivity index (χ0n) is 19.8. The molecule has 0 unspecified atom stereocenters. The zero-order chi connectivity index (χ0) is 24.6. The highest BCUT2D eigenvalue weighted by Crippen LogP contribution is 2.29. The Bertz CT molecular complexity index is 1500. The van der Waals surface area contributed by atoms with Crippen LogP contribution in [-0.2, 0) is 16.4 Å². The lowest BCUT2D eigenvalue weighted by Crippen LogP contribution is -2.49. The monoisotopic (exact) mass is 506 g/mol. The third-order valence-corrected chi connectivity index (χ3v) is 8.79. The van der Waals surface area contributed by atoms with Gasteiger partial charge in [-0.1, -0.05) is 60.1 Å². The molecule has 35 heavy (non-hydrogen) atoms. The highest BCUT2D eigenvalue weighted by atomic mass is 35.5. The first-order chi connectivity index (χ1) is 16.8. The van der Waals surface area contributed by atoms with Gasteiger partial charge >= 0.3 is 0 Å². The fraction of sp³-hybridized carbons (Fsp3) is 0.259. The van der Waals surface area contributed by atoms with Crippen LogP contribution in [-0.4, -0.2) is 48.9 Å². The summed E-state index contributed by atoms with van der Waals surface area (Å²) < 4.78 is 28.4. The minimum atomic E-state index is -3.58. The molecule has 180 valence electrons. The molecule has 1 aliphatic heterocycles. The lowest BCUT2D eigenvalue weighted by molar-refractivity contribution is 0.383. The van der Waals surface area contributed by atoms with Crippen molar-refractivity contribution in [3.63, 3.8) is 0 Å². The van der Waals surface area contributed by atoms with E-state index in [9.17, 15) is 8.42 Å². The van der Waals surface area contributed by atoms with Crippen LogP contribution >= 0.6 is 11.6 Å². The first-order valence-electron chi connectivity index (χ1n) is 11.6. The van der Waals surface area contributed by atoms with Crippen LogP contribution in [0.25, 0.3) is 10.8 Å². The maximum atomic E-state index is 13.4. The predicted molar refractivity (Wildman–Crippen MR) is 141 cm³/mol. The molecule has 1 aromatic heterocycles. The fourth-order valence-electron chi connectivity index (χ4n) is 4.64. The SMILES string of the molecule is Cc1nc(C)c(Cc2ccccc2Cl)c(N2CCN(S(=O)(=O)c3ccc4ccccc4c3)CC2)n1. The Hall–Kier alpha value is -3.00. The number of aromatic nitrogens is 2. The van der Waals surface area contributed by atoms with Gasteiger partial charge in [-0.3, -0.25) is 0 Å². The summed E-state index contributed by atoms with van der Waals surface area (Å²) in [6.07, 6.45) is 0.622. The van der Waals surface area contributed by atoms with E-state index in [1.54, 1.807) is 16.4 Å². The maximum absolute atomic E-state index is 13.4. The lowest BCUT2D eigenvalue weighted by Gasteiger charge is -2.36. The summed E-state index contributed by atoms with van der Waals surface area (Å²) in [7, 11) is -3.58. The third kappa shape index (κ3) is 4.76. The second-order valence-electron chi connectivity index (χ2n) is 8.83. The van der Waals surface area contributed by atoms with Gasteiger partial charge in [0.05, 0.1) is 4.90 Å². The number of rotatable bonds is 5. The van der Waals surface area contributed by atoms with Crippen LogP contribution in [0.5, 0.6) is 0 Å². The van der Waals surface area contributed by atoms with Crippen molar-refractivity contribution in [2.24, 2.45) is 0 Å². The molecule has 0 aliphatic carbocycles. The summed E-state index contributed by atoms with van der Waals surface area (Å²) in [5.74, 6) is 1.56. The Kier molecular flexibility index (Phi) is 6.49. The van der Waals surface area contributed by atoms with Gasteiger partial charge in [0.25, 0.3) is 0 Å². The largest absolute Gasteiger partial charge is 0.354 e. The van der Waals surface area contributed by atoms with Crippen molar-refractivity contribution in [3.8, 4) is 0 Å². The minimum absolute atomic E-state index is 0.331. The van der Waals surface area contributed by atoms with Crippen molar-refractivity contribution in [1.29, 1.82) is 0 Å². The number of hydrogen-bond donors (Lipinski definition) is 0. The van der Waals surface area contributed by atoms with Gasteiger partial charge in [-0.2, -0.15) is 4.31 Å². The number of benzene rings is 3. The van der Waals surface area contributed by atoms with Crippen LogP contribution in [0.1, 0.15) is 22.6 Å². The van der Waals surface area contributed by atoms with E-state index < -0.39 is 10.0 Å². The van der Waals surface area contributed by atoms with Crippen molar-refractivity contribution in [1.82, 2.24) is 14.3 Å². The Balaban J connectivity index is 1.38. The van der Waals surface area contributed by atoms with E-state index in [-0.39, 0.29) is 0 Å². The molecular weight excluding hydrogens is 480 g/mol. The van der Waals surface area contributed by atoms with Gasteiger partial charge in [-0.05, 0) is 48.4 Å². The van der Waals surface area contributed by atoms with Crippen LogP contribution in [0.4, 0.5) is 5.82 Å². The molecule has 5 rings (SSSR count). The second-order valence-corrected chi connectivity index (χ2v) is 11.2. The molecule has 0 atom stereocenters. The third-order valence-electron chi connectivity index (χ3n) is 6.53. The topological polar surface area (TPSA) is 66.4 Å². The molecule has 1 fully saturated rings. The summed E-state index contributed by atoms with van der Waals surface area (Å²) in [6.45, 7) is 5.77. The van der Waals surface area contributed by atoms with Crippen LogP contribution in [0.2, 0.25) is 5.02 Å². The van der Waals surface area contributed by atoms with Crippen LogP contribution < -0.4 is 4.90 Å². The molecule has 0 bridgehead atoms. The number of anilines is 1. The van der Waals surface area contributed by atoms with E-state index in [1.807, 2.05) is 68.4 Å². The van der Waals surface area contributed by atoms with E-state index in [0.717, 1.165) is 33.4 Å². The van der Waals surface area contributed by atoms with Gasteiger partial charge in [0.15, 0.2) is 0 Å². The maximum Gasteiger partial charge on any atom is 0.243 e. The molecule has 8 heteroatoms. The van der Waals surface area contributed by atoms with Gasteiger partial charge in [-0.15, -0.1) is 0 Å². The molecule has 2 heterocycles. The molecule has 1 saturated heterocycles. The van der Waals surface area contributed by atoms with E-state index in [4.69, 9.17) is 16.6 Å². The summed E-state index contributed by atoms with van der Waals surface area (Å²) >= 11 is 6.43. The molecular formula is C27H27ClN4O2S. The number of piperazine rings is 1. The fourth-order valence-corrected chi connectivity index (χ4v) is 6.30. The molecule has 0 saturated carbocycles. The van der Waals surface area contributed by atoms with Crippen molar-refractivity contribution in [3.05, 3.63) is 94.4 Å². The Labute approximate surface area is 211 Å². The molecule has 3 aromatic carbocycles. The van der Waals surface area contributed by atoms with Crippen molar-refractivity contribution in [2.75, 3.05) is 31.1 Å². The zero-order valence-corrected chi connectivity index (χ0v) is 21.4. The number of hydrogen-bond acceptors (Lipinski definition) is 5. The van der Waals surface area contributed by atoms with Gasteiger partial charge in [0.1, 0.15) is 11.6 Å². The smallest absolute Gasteiger partial charge is 0.243 e. The number of halogens is 1. The summed E-state index contributed by atoms with van der Waals surface area (Å²) in [5.41, 5.74) is 2.96. The van der Waals surface area contributed by atoms with E-state index >= 15 is 0 Å².